The van der Waals surface area contributed by atoms with Crippen LogP contribution in [0.15, 0.2) is 11.0 Å². The topological polar surface area (TPSA) is 43.9 Å². The van der Waals surface area contributed by atoms with Crippen molar-refractivity contribution in [1.82, 2.24) is 4.90 Å². The Morgan fingerprint density at radius 3 is 2.62 bits per heavy atom. The van der Waals surface area contributed by atoms with Crippen LogP contribution in [0.3, 0.4) is 0 Å². The lowest BCUT2D eigenvalue weighted by atomic mass is 9.91. The highest BCUT2D eigenvalue weighted by Gasteiger charge is 2.38. The van der Waals surface area contributed by atoms with Crippen LogP contribution in [0.2, 0.25) is 0 Å². The molecular weight excluding hydrogens is 329 g/mol. The van der Waals surface area contributed by atoms with E-state index in [1.165, 1.54) is 6.07 Å². The van der Waals surface area contributed by atoms with Crippen LogP contribution in [0, 0.1) is 11.7 Å². The number of likely N-dealkylation sites (N-methyl/N-ethyl adjacent to an activating group) is 1. The molecule has 5 nitrogen and oxygen atoms in total. The summed E-state index contributed by atoms with van der Waals surface area (Å²) in [5.74, 6) is -0.426. The van der Waals surface area contributed by atoms with Crippen molar-refractivity contribution in [3.8, 4) is 0 Å². The maximum absolute atomic E-state index is 14.9. The number of thioether (sulfide) groups is 1. The van der Waals surface area contributed by atoms with Gasteiger partial charge in [0.25, 0.3) is 0 Å². The van der Waals surface area contributed by atoms with Crippen molar-refractivity contribution in [1.29, 1.82) is 0 Å². The molecule has 1 saturated heterocycles. The third kappa shape index (κ3) is 2.41. The summed E-state index contributed by atoms with van der Waals surface area (Å²) in [4.78, 5) is 31.0. The fourth-order valence-electron chi connectivity index (χ4n) is 3.75. The Bertz CT molecular complexity index is 704. The molecule has 1 aromatic carbocycles. The maximum Gasteiger partial charge on any atom is 0.177 e. The first-order valence-electron chi connectivity index (χ1n) is 8.27. The SMILES string of the molecule is CN1CCN(c2c(F)cc3c4c2SCCN4CC(C=O)C3=O)CC1. The minimum absolute atomic E-state index is 0.246. The zero-order valence-electron chi connectivity index (χ0n) is 13.6. The Balaban J connectivity index is 1.83. The number of benzene rings is 1. The van der Waals surface area contributed by atoms with Crippen LogP contribution in [0.1, 0.15) is 10.4 Å². The van der Waals surface area contributed by atoms with Crippen molar-refractivity contribution in [3.63, 3.8) is 0 Å². The Morgan fingerprint density at radius 1 is 1.17 bits per heavy atom. The molecule has 1 atom stereocenters. The molecule has 24 heavy (non-hydrogen) atoms. The first-order valence-corrected chi connectivity index (χ1v) is 9.26. The number of piperazine rings is 1. The molecule has 1 unspecified atom stereocenters. The summed E-state index contributed by atoms with van der Waals surface area (Å²) in [7, 11) is 2.07. The van der Waals surface area contributed by atoms with Gasteiger partial charge < -0.3 is 19.5 Å². The highest BCUT2D eigenvalue weighted by atomic mass is 32.2. The largest absolute Gasteiger partial charge is 0.368 e. The Labute approximate surface area is 144 Å². The summed E-state index contributed by atoms with van der Waals surface area (Å²) < 4.78 is 14.9. The van der Waals surface area contributed by atoms with E-state index >= 15 is 0 Å². The number of nitrogens with zero attached hydrogens (tertiary/aromatic N) is 3. The molecule has 7 heteroatoms. The lowest BCUT2D eigenvalue weighted by molar-refractivity contribution is -0.109. The van der Waals surface area contributed by atoms with Gasteiger partial charge in [-0.3, -0.25) is 4.79 Å². The molecule has 0 radical (unpaired) electrons. The van der Waals surface area contributed by atoms with E-state index in [2.05, 4.69) is 21.7 Å². The molecule has 0 N–H and O–H groups in total. The van der Waals surface area contributed by atoms with Gasteiger partial charge in [-0.25, -0.2) is 4.39 Å². The average Bonchev–Trinajstić information content (AvgIpc) is 2.59. The predicted octanol–water partition coefficient (Wildman–Crippen LogP) is 1.50. The zero-order chi connectivity index (χ0) is 16.8. The van der Waals surface area contributed by atoms with Crippen molar-refractivity contribution in [2.75, 3.05) is 61.9 Å². The third-order valence-electron chi connectivity index (χ3n) is 5.11. The van der Waals surface area contributed by atoms with Gasteiger partial charge in [-0.15, -0.1) is 11.8 Å². The summed E-state index contributed by atoms with van der Waals surface area (Å²) in [5, 5.41) is 0. The monoisotopic (exact) mass is 349 g/mol. The standard InChI is InChI=1S/C17H20FN3O2S/c1-19-2-4-20(5-3-19)15-13(18)8-12-14-17(15)24-7-6-21(14)9-11(10-22)16(12)23/h8,10-11H,2-7,9H2,1H3. The molecular formula is C17H20FN3O2S. The van der Waals surface area contributed by atoms with E-state index in [-0.39, 0.29) is 11.6 Å². The lowest BCUT2D eigenvalue weighted by Gasteiger charge is -2.41. The first kappa shape index (κ1) is 15.9. The fraction of sp³-hybridized carbons (Fsp3) is 0.529. The van der Waals surface area contributed by atoms with Gasteiger partial charge in [0.1, 0.15) is 12.1 Å². The van der Waals surface area contributed by atoms with E-state index in [0.29, 0.717) is 24.1 Å². The number of hydrogen-bond acceptors (Lipinski definition) is 6. The third-order valence-corrected chi connectivity index (χ3v) is 6.17. The second kappa shape index (κ2) is 6.04. The van der Waals surface area contributed by atoms with Crippen molar-refractivity contribution >= 4 is 35.2 Å². The smallest absolute Gasteiger partial charge is 0.177 e. The average molecular weight is 349 g/mol. The number of carbonyl (C=O) groups excluding carboxylic acids is 2. The summed E-state index contributed by atoms with van der Waals surface area (Å²) in [6, 6.07) is 1.35. The molecule has 128 valence electrons. The number of hydrogen-bond donors (Lipinski definition) is 0. The molecule has 3 aliphatic rings. The highest BCUT2D eigenvalue weighted by molar-refractivity contribution is 7.99. The molecule has 0 amide bonds. The number of halogens is 1. The van der Waals surface area contributed by atoms with Crippen LogP contribution in [-0.2, 0) is 4.79 Å². The minimum atomic E-state index is -0.678. The van der Waals surface area contributed by atoms with Crippen LogP contribution in [0.25, 0.3) is 0 Å². The van der Waals surface area contributed by atoms with E-state index in [1.807, 2.05) is 0 Å². The van der Waals surface area contributed by atoms with Crippen molar-refractivity contribution in [3.05, 3.63) is 17.4 Å². The molecule has 0 aromatic heterocycles. The summed E-state index contributed by atoms with van der Waals surface area (Å²) in [5.41, 5.74) is 1.84. The lowest BCUT2D eigenvalue weighted by Crippen LogP contribution is -2.46. The molecule has 3 aliphatic heterocycles. The normalized spacial score (nSPS) is 24.1. The van der Waals surface area contributed by atoms with Gasteiger partial charge in [0, 0.05) is 50.6 Å². The highest BCUT2D eigenvalue weighted by Crippen LogP contribution is 2.48. The van der Waals surface area contributed by atoms with Crippen LogP contribution in [0.5, 0.6) is 0 Å². The number of anilines is 2. The van der Waals surface area contributed by atoms with E-state index in [4.69, 9.17) is 0 Å². The first-order chi connectivity index (χ1) is 11.6. The Hall–Kier alpha value is -1.60. The predicted molar refractivity (Wildman–Crippen MR) is 92.9 cm³/mol. The van der Waals surface area contributed by atoms with E-state index < -0.39 is 5.92 Å². The molecule has 0 saturated carbocycles. The molecule has 3 heterocycles. The maximum atomic E-state index is 14.9. The fourth-order valence-corrected chi connectivity index (χ4v) is 5.00. The number of rotatable bonds is 2. The van der Waals surface area contributed by atoms with Crippen LogP contribution in [-0.4, -0.2) is 69.0 Å². The van der Waals surface area contributed by atoms with E-state index in [1.54, 1.807) is 11.8 Å². The van der Waals surface area contributed by atoms with Gasteiger partial charge in [-0.1, -0.05) is 0 Å². The zero-order valence-corrected chi connectivity index (χ0v) is 14.4. The molecule has 4 rings (SSSR count). The summed E-state index contributed by atoms with van der Waals surface area (Å²) in [6.45, 7) is 4.56. The number of carbonyl (C=O) groups is 2. The Kier molecular flexibility index (Phi) is 4.00. The summed E-state index contributed by atoms with van der Waals surface area (Å²) in [6.07, 6.45) is 0.693. The van der Waals surface area contributed by atoms with Crippen LogP contribution in [0.4, 0.5) is 15.8 Å². The van der Waals surface area contributed by atoms with Crippen LogP contribution < -0.4 is 9.80 Å². The van der Waals surface area contributed by atoms with Gasteiger partial charge in [-0.05, 0) is 13.1 Å². The van der Waals surface area contributed by atoms with Crippen molar-refractivity contribution < 1.29 is 14.0 Å². The van der Waals surface area contributed by atoms with Crippen molar-refractivity contribution in [2.45, 2.75) is 4.90 Å². The molecule has 1 aromatic rings. The minimum Gasteiger partial charge on any atom is -0.368 e. The van der Waals surface area contributed by atoms with E-state index in [9.17, 15) is 14.0 Å². The molecule has 0 spiro atoms. The van der Waals surface area contributed by atoms with Gasteiger partial charge >= 0.3 is 0 Å². The molecule has 0 aliphatic carbocycles. The molecule has 0 bridgehead atoms. The van der Waals surface area contributed by atoms with Crippen LogP contribution >= 0.6 is 11.8 Å². The second-order valence-corrected chi connectivity index (χ2v) is 7.73. The van der Waals surface area contributed by atoms with Gasteiger partial charge in [0.05, 0.1) is 22.2 Å². The van der Waals surface area contributed by atoms with Gasteiger partial charge in [0.2, 0.25) is 0 Å². The van der Waals surface area contributed by atoms with E-state index in [0.717, 1.165) is 49.1 Å². The molecule has 1 fully saturated rings. The second-order valence-electron chi connectivity index (χ2n) is 6.62. The quantitative estimate of drug-likeness (QED) is 0.596. The Morgan fingerprint density at radius 2 is 1.92 bits per heavy atom. The number of Topliss-reactive ketones (excluding diaryl/α,β-unsaturated/α-hetero) is 1. The number of aldehydes is 1. The number of ketones is 1. The van der Waals surface area contributed by atoms with Gasteiger partial charge in [-0.2, -0.15) is 0 Å². The van der Waals surface area contributed by atoms with Gasteiger partial charge in [0.15, 0.2) is 5.78 Å². The summed E-state index contributed by atoms with van der Waals surface area (Å²) >= 11 is 1.62. The van der Waals surface area contributed by atoms with Crippen molar-refractivity contribution in [2.24, 2.45) is 5.92 Å².